The van der Waals surface area contributed by atoms with E-state index < -0.39 is 0 Å². The van der Waals surface area contributed by atoms with Gasteiger partial charge in [0.05, 0.1) is 6.61 Å². The van der Waals surface area contributed by atoms with E-state index in [1.54, 1.807) is 18.3 Å². The first-order valence-electron chi connectivity index (χ1n) is 8.52. The lowest BCUT2D eigenvalue weighted by molar-refractivity contribution is 0.130. The van der Waals surface area contributed by atoms with E-state index in [-0.39, 0.29) is 6.10 Å². The Labute approximate surface area is 149 Å². The van der Waals surface area contributed by atoms with Gasteiger partial charge in [0.1, 0.15) is 6.10 Å². The summed E-state index contributed by atoms with van der Waals surface area (Å²) < 4.78 is 11.3. The summed E-state index contributed by atoms with van der Waals surface area (Å²) in [6.45, 7) is 7.87. The molecule has 0 aliphatic rings. The summed E-state index contributed by atoms with van der Waals surface area (Å²) in [5.74, 6) is 1.01. The standard InChI is InChI=1S/C19H26N4O2/c1-4-6-9-17(15-23(3)14-16-8-7-12-20-13-16)25-19-11-10-18(21-22-19)24-5-2/h4,7-8,10-13,17H,1,5-6,9,14-15H2,2-3H3/t17-/m0/s1. The zero-order valence-corrected chi connectivity index (χ0v) is 15.0. The molecule has 0 saturated carbocycles. The highest BCUT2D eigenvalue weighted by Gasteiger charge is 2.14. The number of aromatic nitrogens is 3. The van der Waals surface area contributed by atoms with Crippen molar-refractivity contribution in [3.05, 3.63) is 54.9 Å². The molecule has 0 aromatic carbocycles. The molecular weight excluding hydrogens is 316 g/mol. The first-order valence-corrected chi connectivity index (χ1v) is 8.52. The van der Waals surface area contributed by atoms with Crippen molar-refractivity contribution in [3.63, 3.8) is 0 Å². The largest absolute Gasteiger partial charge is 0.477 e. The first kappa shape index (κ1) is 18.9. The fourth-order valence-electron chi connectivity index (χ4n) is 2.47. The van der Waals surface area contributed by atoms with Crippen LogP contribution >= 0.6 is 0 Å². The fraction of sp³-hybridized carbons (Fsp3) is 0.421. The second kappa shape index (κ2) is 10.4. The molecule has 0 aliphatic heterocycles. The second-order valence-electron chi connectivity index (χ2n) is 5.81. The van der Waals surface area contributed by atoms with Crippen LogP contribution in [0.15, 0.2) is 49.3 Å². The number of nitrogens with zero attached hydrogens (tertiary/aromatic N) is 4. The fourth-order valence-corrected chi connectivity index (χ4v) is 2.47. The molecular formula is C19H26N4O2. The zero-order valence-electron chi connectivity index (χ0n) is 15.0. The Morgan fingerprint density at radius 2 is 2.04 bits per heavy atom. The number of rotatable bonds is 11. The SMILES string of the molecule is C=CCC[C@@H](CN(C)Cc1cccnc1)Oc1ccc(OCC)nn1. The maximum atomic E-state index is 6.02. The van der Waals surface area contributed by atoms with Crippen molar-refractivity contribution >= 4 is 0 Å². The van der Waals surface area contributed by atoms with Crippen molar-refractivity contribution in [2.24, 2.45) is 0 Å². The van der Waals surface area contributed by atoms with Gasteiger partial charge in [-0.05, 0) is 38.4 Å². The monoisotopic (exact) mass is 342 g/mol. The molecule has 1 atom stereocenters. The molecule has 0 fully saturated rings. The predicted octanol–water partition coefficient (Wildman–Crippen LogP) is 3.12. The van der Waals surface area contributed by atoms with Gasteiger partial charge in [-0.3, -0.25) is 9.88 Å². The molecule has 2 aromatic heterocycles. The Balaban J connectivity index is 1.93. The molecule has 0 N–H and O–H groups in total. The Morgan fingerprint density at radius 3 is 2.68 bits per heavy atom. The smallest absolute Gasteiger partial charge is 0.233 e. The van der Waals surface area contributed by atoms with Crippen LogP contribution in [0.4, 0.5) is 0 Å². The second-order valence-corrected chi connectivity index (χ2v) is 5.81. The Bertz CT molecular complexity index is 619. The van der Waals surface area contributed by atoms with E-state index in [0.717, 1.165) is 25.9 Å². The van der Waals surface area contributed by atoms with Gasteiger partial charge in [0.25, 0.3) is 0 Å². The number of likely N-dealkylation sites (N-methyl/N-ethyl adjacent to an activating group) is 1. The maximum absolute atomic E-state index is 6.02. The lowest BCUT2D eigenvalue weighted by atomic mass is 10.1. The van der Waals surface area contributed by atoms with Crippen molar-refractivity contribution < 1.29 is 9.47 Å². The van der Waals surface area contributed by atoms with Crippen LogP contribution in [0, 0.1) is 0 Å². The quantitative estimate of drug-likeness (QED) is 0.585. The summed E-state index contributed by atoms with van der Waals surface area (Å²) >= 11 is 0. The molecule has 2 rings (SSSR count). The van der Waals surface area contributed by atoms with Crippen molar-refractivity contribution in [2.45, 2.75) is 32.4 Å². The third kappa shape index (κ3) is 6.89. The summed E-state index contributed by atoms with van der Waals surface area (Å²) in [7, 11) is 2.07. The molecule has 25 heavy (non-hydrogen) atoms. The molecule has 2 aromatic rings. The van der Waals surface area contributed by atoms with E-state index in [1.165, 1.54) is 5.56 Å². The van der Waals surface area contributed by atoms with Crippen molar-refractivity contribution in [3.8, 4) is 11.8 Å². The minimum Gasteiger partial charge on any atom is -0.477 e. The van der Waals surface area contributed by atoms with Gasteiger partial charge in [0.15, 0.2) is 0 Å². The lowest BCUT2D eigenvalue weighted by Crippen LogP contribution is -2.33. The number of allylic oxidation sites excluding steroid dienone is 1. The third-order valence-corrected chi connectivity index (χ3v) is 3.58. The Hall–Kier alpha value is -2.47. The zero-order chi connectivity index (χ0) is 17.9. The number of ether oxygens (including phenoxy) is 2. The highest BCUT2D eigenvalue weighted by Crippen LogP contribution is 2.15. The molecule has 0 amide bonds. The molecule has 0 aliphatic carbocycles. The maximum Gasteiger partial charge on any atom is 0.233 e. The van der Waals surface area contributed by atoms with Crippen LogP contribution in [-0.2, 0) is 6.54 Å². The van der Waals surface area contributed by atoms with Gasteiger partial charge >= 0.3 is 0 Å². The van der Waals surface area contributed by atoms with Gasteiger partial charge < -0.3 is 9.47 Å². The number of hydrogen-bond acceptors (Lipinski definition) is 6. The van der Waals surface area contributed by atoms with Gasteiger partial charge in [-0.1, -0.05) is 12.1 Å². The topological polar surface area (TPSA) is 60.4 Å². The summed E-state index contributed by atoms with van der Waals surface area (Å²) in [6, 6.07) is 7.58. The van der Waals surface area contributed by atoms with Crippen LogP contribution in [0.3, 0.4) is 0 Å². The van der Waals surface area contributed by atoms with Crippen LogP contribution < -0.4 is 9.47 Å². The summed E-state index contributed by atoms with van der Waals surface area (Å²) in [4.78, 5) is 6.37. The molecule has 6 nitrogen and oxygen atoms in total. The van der Waals surface area contributed by atoms with E-state index in [0.29, 0.717) is 18.4 Å². The summed E-state index contributed by atoms with van der Waals surface area (Å²) in [6.07, 6.45) is 7.33. The van der Waals surface area contributed by atoms with E-state index in [2.05, 4.69) is 39.8 Å². The number of pyridine rings is 1. The van der Waals surface area contributed by atoms with E-state index >= 15 is 0 Å². The van der Waals surface area contributed by atoms with E-state index in [4.69, 9.17) is 9.47 Å². The Kier molecular flexibility index (Phi) is 7.85. The van der Waals surface area contributed by atoms with Gasteiger partial charge in [-0.25, -0.2) is 0 Å². The predicted molar refractivity (Wildman–Crippen MR) is 97.6 cm³/mol. The van der Waals surface area contributed by atoms with Crippen LogP contribution in [0.2, 0.25) is 0 Å². The molecule has 0 spiro atoms. The van der Waals surface area contributed by atoms with E-state index in [9.17, 15) is 0 Å². The number of hydrogen-bond donors (Lipinski definition) is 0. The summed E-state index contributed by atoms with van der Waals surface area (Å²) in [5, 5.41) is 8.09. The molecule has 6 heteroatoms. The average molecular weight is 342 g/mol. The molecule has 2 heterocycles. The van der Waals surface area contributed by atoms with Gasteiger partial charge in [0, 0.05) is 37.6 Å². The van der Waals surface area contributed by atoms with Crippen LogP contribution in [0.5, 0.6) is 11.8 Å². The van der Waals surface area contributed by atoms with Gasteiger partial charge in [0.2, 0.25) is 11.8 Å². The highest BCUT2D eigenvalue weighted by atomic mass is 16.5. The summed E-state index contributed by atoms with van der Waals surface area (Å²) in [5.41, 5.74) is 1.17. The van der Waals surface area contributed by atoms with Gasteiger partial charge in [-0.2, -0.15) is 0 Å². The molecule has 0 bridgehead atoms. The van der Waals surface area contributed by atoms with Crippen LogP contribution in [0.1, 0.15) is 25.3 Å². The van der Waals surface area contributed by atoms with Crippen LogP contribution in [0.25, 0.3) is 0 Å². The first-order chi connectivity index (χ1) is 12.2. The van der Waals surface area contributed by atoms with Crippen molar-refractivity contribution in [1.82, 2.24) is 20.1 Å². The minimum atomic E-state index is 0.00640. The lowest BCUT2D eigenvalue weighted by Gasteiger charge is -2.24. The average Bonchev–Trinajstić information content (AvgIpc) is 2.62. The molecule has 134 valence electrons. The molecule has 0 unspecified atom stereocenters. The normalized spacial score (nSPS) is 12.0. The van der Waals surface area contributed by atoms with Crippen molar-refractivity contribution in [2.75, 3.05) is 20.2 Å². The molecule has 0 saturated heterocycles. The third-order valence-electron chi connectivity index (χ3n) is 3.58. The Morgan fingerprint density at radius 1 is 1.24 bits per heavy atom. The van der Waals surface area contributed by atoms with Gasteiger partial charge in [-0.15, -0.1) is 16.8 Å². The van der Waals surface area contributed by atoms with Crippen molar-refractivity contribution in [1.29, 1.82) is 0 Å². The van der Waals surface area contributed by atoms with E-state index in [1.807, 2.05) is 25.3 Å². The minimum absolute atomic E-state index is 0.00640. The molecule has 0 radical (unpaired) electrons. The highest BCUT2D eigenvalue weighted by molar-refractivity contribution is 5.15. The van der Waals surface area contributed by atoms with Crippen LogP contribution in [-0.4, -0.2) is 46.4 Å².